The summed E-state index contributed by atoms with van der Waals surface area (Å²) in [6, 6.07) is 1.75. The largest absolute Gasteiger partial charge is 0.107 e. The maximum atomic E-state index is 3.03. The molecule has 2 aliphatic carbocycles. The van der Waals surface area contributed by atoms with Crippen LogP contribution in [0.2, 0.25) is 0 Å². The number of nitrogens with zero attached hydrogens (tertiary/aromatic N) is 2. The Morgan fingerprint density at radius 3 is 1.12 bits per heavy atom. The van der Waals surface area contributed by atoms with Gasteiger partial charge in [-0.05, 0) is 0 Å². The van der Waals surface area contributed by atoms with Crippen LogP contribution in [0.1, 0.15) is 106 Å². The van der Waals surface area contributed by atoms with Gasteiger partial charge in [0.25, 0.3) is 0 Å². The summed E-state index contributed by atoms with van der Waals surface area (Å²) in [5, 5.41) is 0. The molecule has 0 spiro atoms. The number of rotatable bonds is 4. The molecule has 0 radical (unpaired) electrons. The second-order valence-electron chi connectivity index (χ2n) is 9.77. The molecule has 0 bridgehead atoms. The Hall–Kier alpha value is 2.00. The summed E-state index contributed by atoms with van der Waals surface area (Å²) in [6.07, 6.45) is 14.6. The number of halogens is 1. The fraction of sp³-hybridized carbons (Fsp3) is 1.00. The molecule has 0 saturated heterocycles. The molecule has 2 saturated carbocycles. The van der Waals surface area contributed by atoms with Crippen LogP contribution < -0.4 is 0 Å². The predicted molar refractivity (Wildman–Crippen MR) is 112 cm³/mol. The van der Waals surface area contributed by atoms with Gasteiger partial charge in [0.05, 0.1) is 0 Å². The number of hydrogen-bond donors (Lipinski definition) is 0. The molecule has 0 aromatic rings. The molecule has 0 N–H and O–H groups in total. The molecule has 0 aromatic heterocycles. The Balaban J connectivity index is 0.00000288. The van der Waals surface area contributed by atoms with E-state index in [-0.39, 0.29) is 24.0 Å². The Bertz CT molecular complexity index is 316. The minimum Gasteiger partial charge on any atom is -0.107 e. The van der Waals surface area contributed by atoms with E-state index in [0.29, 0.717) is 11.1 Å². The van der Waals surface area contributed by atoms with Gasteiger partial charge in [0.15, 0.2) is 0 Å². The van der Waals surface area contributed by atoms with Crippen molar-refractivity contribution in [2.24, 2.45) is 0 Å². The van der Waals surface area contributed by atoms with E-state index >= 15 is 0 Å². The van der Waals surface area contributed by atoms with Crippen LogP contribution in [0.5, 0.6) is 0 Å². The molecule has 2 aliphatic rings. The van der Waals surface area contributed by atoms with Gasteiger partial charge in [-0.25, -0.2) is 0 Å². The van der Waals surface area contributed by atoms with E-state index in [2.05, 4.69) is 43.5 Å². The van der Waals surface area contributed by atoms with Gasteiger partial charge in [0.2, 0.25) is 0 Å². The van der Waals surface area contributed by atoms with Crippen LogP contribution >= 0.6 is 24.0 Å². The third-order valence-corrected chi connectivity index (χ3v) is 13.6. The average Bonchev–Trinajstić information content (AvgIpc) is 2.47. The number of hydrogen-bond acceptors (Lipinski definition) is 2. The summed E-state index contributed by atoms with van der Waals surface area (Å²) < 4.78 is 6.07. The first-order valence-electron chi connectivity index (χ1n) is 10.0. The van der Waals surface area contributed by atoms with E-state index in [1.807, 2.05) is 0 Å². The standard InChI is InChI=1S/2C10H20N.HI.Nd/c2*1-10(2,3)11-9-7-5-4-6-8-9;;/h2*9H,4-8H2,1-3H3;1H;/q2*-1;;+2. The zero-order valence-electron chi connectivity index (χ0n) is 17.0. The normalized spacial score (nSPS) is 21.8. The molecule has 0 atom stereocenters. The summed E-state index contributed by atoms with van der Waals surface area (Å²) in [5.41, 5.74) is 0.701. The van der Waals surface area contributed by atoms with Crippen LogP contribution in [-0.2, 0) is 0 Å². The van der Waals surface area contributed by atoms with Gasteiger partial charge in [-0.3, -0.25) is 0 Å². The minimum absolute atomic E-state index is 0. The summed E-state index contributed by atoms with van der Waals surface area (Å²) in [4.78, 5) is 0. The average molecular weight is 581 g/mol. The van der Waals surface area contributed by atoms with Crippen LogP contribution in [0.3, 0.4) is 0 Å². The van der Waals surface area contributed by atoms with Crippen LogP contribution in [0.15, 0.2) is 0 Å². The summed E-state index contributed by atoms with van der Waals surface area (Å²) in [5.74, 6) is 0. The Labute approximate surface area is 190 Å². The van der Waals surface area contributed by atoms with Gasteiger partial charge in [0.1, 0.15) is 0 Å². The molecule has 4 heteroatoms. The zero-order valence-corrected chi connectivity index (χ0v) is 22.6. The molecule has 2 fully saturated rings. The second kappa shape index (κ2) is 10.5. The maximum absolute atomic E-state index is 3.03. The first-order valence-corrected chi connectivity index (χ1v) is 12.9. The zero-order chi connectivity index (χ0) is 17.1. The first-order chi connectivity index (χ1) is 10.7. The summed E-state index contributed by atoms with van der Waals surface area (Å²) in [6.45, 7) is 14.8. The molecule has 24 heavy (non-hydrogen) atoms. The van der Waals surface area contributed by atoms with E-state index in [1.165, 1.54) is 64.2 Å². The molecular weight excluding hydrogens is 539 g/mol. The smallest absolute Gasteiger partial charge is 0.107 e. The minimum atomic E-state index is -1.01. The van der Waals surface area contributed by atoms with Gasteiger partial charge in [-0.1, -0.05) is 0 Å². The van der Waals surface area contributed by atoms with Gasteiger partial charge in [-0.15, -0.1) is 24.0 Å². The molecule has 0 aromatic carbocycles. The van der Waals surface area contributed by atoms with Crippen LogP contribution in [-0.4, -0.2) is 25.1 Å². The van der Waals surface area contributed by atoms with Crippen molar-refractivity contribution in [3.63, 3.8) is 0 Å². The predicted octanol–water partition coefficient (Wildman–Crippen LogP) is 6.39. The molecule has 2 nitrogen and oxygen atoms in total. The Kier molecular flexibility index (Phi) is 10.5. The van der Waals surface area contributed by atoms with Crippen molar-refractivity contribution in [3.8, 4) is 0 Å². The van der Waals surface area contributed by atoms with Crippen LogP contribution in [0.25, 0.3) is 0 Å². The van der Waals surface area contributed by atoms with E-state index in [0.717, 1.165) is 12.1 Å². The molecule has 2 rings (SSSR count). The molecule has 0 aliphatic heterocycles. The van der Waals surface area contributed by atoms with Gasteiger partial charge >= 0.3 is 168 Å². The fourth-order valence-electron chi connectivity index (χ4n) is 4.35. The fourth-order valence-corrected chi connectivity index (χ4v) is 9.73. The summed E-state index contributed by atoms with van der Waals surface area (Å²) >= 11 is -1.01. The van der Waals surface area contributed by atoms with Crippen LogP contribution in [0, 0.1) is 37.5 Å². The molecule has 0 unspecified atom stereocenters. The van der Waals surface area contributed by atoms with Gasteiger partial charge in [0, 0.05) is 0 Å². The SMILES string of the molecule is CC(C)(C)[N]([Nd][N](C1CCCCC1)C(C)(C)C)C1CCCCC1.I. The topological polar surface area (TPSA) is 6.48 Å². The molecule has 142 valence electrons. The molecule has 0 amide bonds. The molecule has 0 heterocycles. The maximum Gasteiger partial charge on any atom is -0.107 e. The van der Waals surface area contributed by atoms with Gasteiger partial charge < -0.3 is 0 Å². The molecular formula is C20H41IN2Nd. The van der Waals surface area contributed by atoms with Crippen molar-refractivity contribution >= 4 is 24.0 Å². The van der Waals surface area contributed by atoms with Crippen molar-refractivity contribution < 1.29 is 37.5 Å². The summed E-state index contributed by atoms with van der Waals surface area (Å²) in [7, 11) is 0. The van der Waals surface area contributed by atoms with Crippen molar-refractivity contribution in [2.45, 2.75) is 129 Å². The quantitative estimate of drug-likeness (QED) is 0.356. The van der Waals surface area contributed by atoms with E-state index in [4.69, 9.17) is 0 Å². The monoisotopic (exact) mass is 578 g/mol. The van der Waals surface area contributed by atoms with E-state index in [1.54, 1.807) is 0 Å². The van der Waals surface area contributed by atoms with E-state index in [9.17, 15) is 0 Å². The van der Waals surface area contributed by atoms with E-state index < -0.39 is 37.5 Å². The van der Waals surface area contributed by atoms with Crippen molar-refractivity contribution in [1.82, 2.24) is 1.97 Å². The Morgan fingerprint density at radius 2 is 0.875 bits per heavy atom. The Morgan fingerprint density at radius 1 is 0.583 bits per heavy atom. The van der Waals surface area contributed by atoms with Crippen molar-refractivity contribution in [1.29, 1.82) is 0 Å². The first kappa shape index (κ1) is 24.0. The van der Waals surface area contributed by atoms with Crippen molar-refractivity contribution in [3.05, 3.63) is 0 Å². The van der Waals surface area contributed by atoms with Crippen molar-refractivity contribution in [2.75, 3.05) is 0 Å². The van der Waals surface area contributed by atoms with Gasteiger partial charge in [-0.2, -0.15) is 0 Å². The second-order valence-corrected chi connectivity index (χ2v) is 13.5. The van der Waals surface area contributed by atoms with Crippen LogP contribution in [0.4, 0.5) is 0 Å². The third-order valence-electron chi connectivity index (χ3n) is 5.54. The third kappa shape index (κ3) is 7.20.